The molecule has 10 heavy (non-hydrogen) atoms. The van der Waals surface area contributed by atoms with Gasteiger partial charge in [0, 0.05) is 12.0 Å². The van der Waals surface area contributed by atoms with Gasteiger partial charge in [-0.2, -0.15) is 0 Å². The highest BCUT2D eigenvalue weighted by molar-refractivity contribution is 5.85. The molecule has 0 bridgehead atoms. The molecule has 2 unspecified atom stereocenters. The summed E-state index contributed by atoms with van der Waals surface area (Å²) in [6.07, 6.45) is 10.0. The van der Waals surface area contributed by atoms with Crippen LogP contribution in [-0.4, -0.2) is 6.04 Å². The molecule has 0 radical (unpaired) electrons. The number of hydrogen-bond acceptors (Lipinski definition) is 1. The van der Waals surface area contributed by atoms with Crippen LogP contribution in [0.2, 0.25) is 0 Å². The van der Waals surface area contributed by atoms with Gasteiger partial charge in [0.1, 0.15) is 0 Å². The molecule has 1 nitrogen and oxygen atoms in total. The Hall–Kier alpha value is -0.190. The van der Waals surface area contributed by atoms with Crippen molar-refractivity contribution in [2.24, 2.45) is 11.7 Å². The van der Waals surface area contributed by atoms with Gasteiger partial charge in [-0.15, -0.1) is 24.8 Å². The topological polar surface area (TPSA) is 26.0 Å². The summed E-state index contributed by atoms with van der Waals surface area (Å²) in [6.45, 7) is 0. The van der Waals surface area contributed by atoms with Crippen molar-refractivity contribution in [3.8, 4) is 12.3 Å². The molecule has 1 fully saturated rings. The fraction of sp³-hybridized carbons (Fsp3) is 0.750. The maximum absolute atomic E-state index is 5.75. The van der Waals surface area contributed by atoms with E-state index in [1.54, 1.807) is 0 Å². The second kappa shape index (κ2) is 4.60. The van der Waals surface area contributed by atoms with E-state index >= 15 is 0 Å². The molecular weight excluding hydrogens is 146 g/mol. The Balaban J connectivity index is 0.000000810. The summed E-state index contributed by atoms with van der Waals surface area (Å²) >= 11 is 0. The minimum Gasteiger partial charge on any atom is -0.327 e. The van der Waals surface area contributed by atoms with Crippen LogP contribution in [-0.2, 0) is 0 Å². The zero-order valence-corrected chi connectivity index (χ0v) is 6.86. The van der Waals surface area contributed by atoms with Crippen molar-refractivity contribution in [2.45, 2.75) is 31.7 Å². The predicted octanol–water partition coefficient (Wildman–Crippen LogP) is 1.56. The lowest BCUT2D eigenvalue weighted by atomic mass is 9.86. The third-order valence-corrected chi connectivity index (χ3v) is 2.03. The lowest BCUT2D eigenvalue weighted by Gasteiger charge is -2.23. The van der Waals surface area contributed by atoms with Gasteiger partial charge in [0.25, 0.3) is 0 Å². The Kier molecular flexibility index (Phi) is 4.51. The lowest BCUT2D eigenvalue weighted by Crippen LogP contribution is -2.31. The second-order valence-corrected chi connectivity index (χ2v) is 2.72. The van der Waals surface area contributed by atoms with Crippen molar-refractivity contribution in [1.82, 2.24) is 0 Å². The van der Waals surface area contributed by atoms with Gasteiger partial charge in [0.2, 0.25) is 0 Å². The minimum absolute atomic E-state index is 0. The number of rotatable bonds is 0. The zero-order chi connectivity index (χ0) is 6.69. The largest absolute Gasteiger partial charge is 0.327 e. The highest BCUT2D eigenvalue weighted by Crippen LogP contribution is 2.21. The highest BCUT2D eigenvalue weighted by Gasteiger charge is 2.18. The van der Waals surface area contributed by atoms with E-state index in [2.05, 4.69) is 5.92 Å². The first-order valence-electron chi connectivity index (χ1n) is 3.56. The quantitative estimate of drug-likeness (QED) is 0.534. The van der Waals surface area contributed by atoms with Crippen LogP contribution in [0.1, 0.15) is 25.7 Å². The van der Waals surface area contributed by atoms with E-state index in [1.165, 1.54) is 12.8 Å². The Morgan fingerprint density at radius 1 is 1.30 bits per heavy atom. The fourth-order valence-electron chi connectivity index (χ4n) is 1.37. The van der Waals surface area contributed by atoms with Crippen LogP contribution in [0.4, 0.5) is 0 Å². The van der Waals surface area contributed by atoms with E-state index < -0.39 is 0 Å². The summed E-state index contributed by atoms with van der Waals surface area (Å²) in [7, 11) is 0. The summed E-state index contributed by atoms with van der Waals surface area (Å²) in [5.74, 6) is 3.09. The summed E-state index contributed by atoms with van der Waals surface area (Å²) in [4.78, 5) is 0. The van der Waals surface area contributed by atoms with E-state index in [4.69, 9.17) is 12.2 Å². The number of terminal acetylenes is 1. The molecule has 58 valence electrons. The van der Waals surface area contributed by atoms with Gasteiger partial charge < -0.3 is 5.73 Å². The average Bonchev–Trinajstić information content (AvgIpc) is 1.89. The Morgan fingerprint density at radius 2 is 1.90 bits per heavy atom. The molecule has 2 heteroatoms. The molecule has 1 aliphatic carbocycles. The maximum atomic E-state index is 5.75. The van der Waals surface area contributed by atoms with Crippen LogP contribution in [0.15, 0.2) is 0 Å². The van der Waals surface area contributed by atoms with E-state index in [-0.39, 0.29) is 18.4 Å². The molecule has 1 rings (SSSR count). The molecular formula is C8H14ClN. The Bertz CT molecular complexity index is 128. The van der Waals surface area contributed by atoms with Gasteiger partial charge in [-0.1, -0.05) is 12.8 Å². The van der Waals surface area contributed by atoms with Crippen molar-refractivity contribution in [2.75, 3.05) is 0 Å². The third kappa shape index (κ3) is 2.21. The molecule has 0 saturated heterocycles. The van der Waals surface area contributed by atoms with Crippen LogP contribution in [0, 0.1) is 18.3 Å². The first kappa shape index (κ1) is 9.81. The van der Waals surface area contributed by atoms with Gasteiger partial charge in [0.05, 0.1) is 0 Å². The van der Waals surface area contributed by atoms with E-state index in [9.17, 15) is 0 Å². The number of halogens is 1. The summed E-state index contributed by atoms with van der Waals surface area (Å²) in [6, 6.07) is 0.281. The lowest BCUT2D eigenvalue weighted by molar-refractivity contribution is 0.372. The van der Waals surface area contributed by atoms with Crippen LogP contribution in [0.3, 0.4) is 0 Å². The van der Waals surface area contributed by atoms with Crippen LogP contribution < -0.4 is 5.73 Å². The first-order chi connectivity index (χ1) is 4.34. The number of nitrogens with two attached hydrogens (primary N) is 1. The molecule has 0 aromatic heterocycles. The molecule has 1 saturated carbocycles. The number of hydrogen-bond donors (Lipinski definition) is 1. The van der Waals surface area contributed by atoms with Crippen molar-refractivity contribution in [1.29, 1.82) is 0 Å². The van der Waals surface area contributed by atoms with Crippen LogP contribution >= 0.6 is 12.4 Å². The van der Waals surface area contributed by atoms with E-state index in [1.807, 2.05) is 0 Å². The van der Waals surface area contributed by atoms with Crippen LogP contribution in [0.25, 0.3) is 0 Å². The zero-order valence-electron chi connectivity index (χ0n) is 6.05. The summed E-state index contributed by atoms with van der Waals surface area (Å²) < 4.78 is 0. The SMILES string of the molecule is C#CC1CCCCC1N.Cl. The molecule has 0 aliphatic heterocycles. The molecule has 0 heterocycles. The normalized spacial score (nSPS) is 32.0. The highest BCUT2D eigenvalue weighted by atomic mass is 35.5. The maximum Gasteiger partial charge on any atom is 0.0351 e. The minimum atomic E-state index is 0. The van der Waals surface area contributed by atoms with Crippen LogP contribution in [0.5, 0.6) is 0 Å². The van der Waals surface area contributed by atoms with Gasteiger partial charge in [0.15, 0.2) is 0 Å². The van der Waals surface area contributed by atoms with Crippen molar-refractivity contribution in [3.63, 3.8) is 0 Å². The van der Waals surface area contributed by atoms with Gasteiger partial charge in [-0.05, 0) is 12.8 Å². The molecule has 0 amide bonds. The van der Waals surface area contributed by atoms with Gasteiger partial charge in [-0.25, -0.2) is 0 Å². The van der Waals surface area contributed by atoms with Gasteiger partial charge >= 0.3 is 0 Å². The third-order valence-electron chi connectivity index (χ3n) is 2.03. The smallest absolute Gasteiger partial charge is 0.0351 e. The Morgan fingerprint density at radius 3 is 2.30 bits per heavy atom. The summed E-state index contributed by atoms with van der Waals surface area (Å²) in [5.41, 5.74) is 5.75. The molecule has 2 atom stereocenters. The van der Waals surface area contributed by atoms with Crippen molar-refractivity contribution >= 4 is 12.4 Å². The fourth-order valence-corrected chi connectivity index (χ4v) is 1.37. The van der Waals surface area contributed by atoms with Crippen molar-refractivity contribution < 1.29 is 0 Å². The first-order valence-corrected chi connectivity index (χ1v) is 3.56. The predicted molar refractivity (Wildman–Crippen MR) is 46.0 cm³/mol. The molecule has 0 spiro atoms. The average molecular weight is 160 g/mol. The Labute approximate surface area is 68.8 Å². The van der Waals surface area contributed by atoms with E-state index in [0.29, 0.717) is 5.92 Å². The van der Waals surface area contributed by atoms with E-state index in [0.717, 1.165) is 12.8 Å². The van der Waals surface area contributed by atoms with Gasteiger partial charge in [-0.3, -0.25) is 0 Å². The monoisotopic (exact) mass is 159 g/mol. The second-order valence-electron chi connectivity index (χ2n) is 2.72. The molecule has 2 N–H and O–H groups in total. The molecule has 0 aromatic rings. The summed E-state index contributed by atoms with van der Waals surface area (Å²) in [5, 5.41) is 0. The standard InChI is InChI=1S/C8H13N.ClH/c1-2-7-5-3-4-6-8(7)9;/h1,7-8H,3-6,9H2;1H. The van der Waals surface area contributed by atoms with Crippen molar-refractivity contribution in [3.05, 3.63) is 0 Å². The molecule has 0 aromatic carbocycles. The molecule has 1 aliphatic rings.